The Kier molecular flexibility index (Phi) is 7.07. The third-order valence-electron chi connectivity index (χ3n) is 4.95. The first-order valence-electron chi connectivity index (χ1n) is 9.40. The van der Waals surface area contributed by atoms with Gasteiger partial charge in [-0.3, -0.25) is 0 Å². The molecule has 0 atom stereocenters. The lowest BCUT2D eigenvalue weighted by atomic mass is 9.92. The molecule has 2 aromatic rings. The van der Waals surface area contributed by atoms with Gasteiger partial charge in [-0.15, -0.1) is 0 Å². The summed E-state index contributed by atoms with van der Waals surface area (Å²) in [5, 5.41) is 4.07. The molecule has 1 heterocycles. The number of oxime groups is 1. The third-order valence-corrected chi connectivity index (χ3v) is 4.95. The highest BCUT2D eigenvalue weighted by Gasteiger charge is 2.18. The van der Waals surface area contributed by atoms with Gasteiger partial charge >= 0.3 is 0 Å². The summed E-state index contributed by atoms with van der Waals surface area (Å²) in [6, 6.07) is 20.5. The lowest BCUT2D eigenvalue weighted by Crippen LogP contribution is -2.35. The largest absolute Gasteiger partial charge is 0.357 e. The lowest BCUT2D eigenvalue weighted by Gasteiger charge is -2.31. The van der Waals surface area contributed by atoms with Gasteiger partial charge in [-0.25, -0.2) is 0 Å². The fourth-order valence-electron chi connectivity index (χ4n) is 3.37. The van der Waals surface area contributed by atoms with E-state index >= 15 is 0 Å². The van der Waals surface area contributed by atoms with Gasteiger partial charge in [0.05, 0.1) is 0 Å². The minimum atomic E-state index is 0.797. The van der Waals surface area contributed by atoms with Gasteiger partial charge < -0.3 is 9.74 Å². The summed E-state index contributed by atoms with van der Waals surface area (Å²) >= 11 is 0. The third kappa shape index (κ3) is 6.35. The van der Waals surface area contributed by atoms with E-state index in [1.54, 1.807) is 0 Å². The van der Waals surface area contributed by atoms with Crippen LogP contribution in [-0.4, -0.2) is 30.7 Å². The smallest absolute Gasteiger partial charge is 0.157 e. The molecule has 0 saturated carbocycles. The Bertz CT molecular complexity index is 619. The Morgan fingerprint density at radius 2 is 1.64 bits per heavy atom. The summed E-state index contributed by atoms with van der Waals surface area (Å²) in [7, 11) is 0. The van der Waals surface area contributed by atoms with Crippen molar-refractivity contribution in [1.82, 2.24) is 4.90 Å². The zero-order chi connectivity index (χ0) is 17.2. The van der Waals surface area contributed by atoms with E-state index in [-0.39, 0.29) is 0 Å². The van der Waals surface area contributed by atoms with Crippen LogP contribution in [0.25, 0.3) is 0 Å². The van der Waals surface area contributed by atoms with E-state index in [0.717, 1.165) is 24.5 Å². The summed E-state index contributed by atoms with van der Waals surface area (Å²) in [5.74, 6) is 1.63. The van der Waals surface area contributed by atoms with E-state index in [1.165, 1.54) is 44.5 Å². The molecule has 1 saturated heterocycles. The van der Waals surface area contributed by atoms with Crippen LogP contribution in [-0.2, 0) is 6.42 Å². The maximum atomic E-state index is 5.35. The molecule has 0 aliphatic carbocycles. The Labute approximate surface area is 151 Å². The molecule has 1 fully saturated rings. The number of benzene rings is 2. The normalized spacial score (nSPS) is 16.3. The quantitative estimate of drug-likeness (QED) is 0.511. The van der Waals surface area contributed by atoms with Gasteiger partial charge in [0.25, 0.3) is 0 Å². The number of hydrogen-bond donors (Lipinski definition) is 0. The van der Waals surface area contributed by atoms with Crippen LogP contribution in [0, 0.1) is 5.92 Å². The molecule has 2 aromatic carbocycles. The van der Waals surface area contributed by atoms with Crippen LogP contribution >= 0.6 is 0 Å². The van der Waals surface area contributed by atoms with E-state index in [2.05, 4.69) is 40.4 Å². The van der Waals surface area contributed by atoms with E-state index < -0.39 is 0 Å². The summed E-state index contributed by atoms with van der Waals surface area (Å²) in [5.41, 5.74) is 1.44. The first kappa shape index (κ1) is 17.7. The molecule has 0 N–H and O–H groups in total. The number of para-hydroxylation sites is 1. The summed E-state index contributed by atoms with van der Waals surface area (Å²) < 4.78 is 0. The van der Waals surface area contributed by atoms with Crippen molar-refractivity contribution in [2.75, 3.05) is 19.6 Å². The molecule has 0 unspecified atom stereocenters. The number of rotatable bonds is 8. The van der Waals surface area contributed by atoms with Crippen LogP contribution in [0.2, 0.25) is 0 Å². The van der Waals surface area contributed by atoms with Crippen LogP contribution in [0.4, 0.5) is 0 Å². The highest BCUT2D eigenvalue weighted by Crippen LogP contribution is 2.21. The molecule has 3 rings (SSSR count). The second kappa shape index (κ2) is 10.00. The lowest BCUT2D eigenvalue weighted by molar-refractivity contribution is 0.182. The van der Waals surface area contributed by atoms with Gasteiger partial charge in [0.15, 0.2) is 5.75 Å². The van der Waals surface area contributed by atoms with Crippen molar-refractivity contribution in [3.63, 3.8) is 0 Å². The molecular formula is C22H28N2O. The standard InChI is InChI=1S/C22H28N2O/c1-3-8-20(9-4-1)13-17-24-18-14-21(15-19-24)10-7-16-23-25-22-11-5-2-6-12-22/h1-6,8-9,11-12,16,21H,7,10,13-15,17-19H2/b23-16+. The van der Waals surface area contributed by atoms with Crippen molar-refractivity contribution in [1.29, 1.82) is 0 Å². The monoisotopic (exact) mass is 336 g/mol. The zero-order valence-electron chi connectivity index (χ0n) is 14.9. The molecule has 1 aliphatic rings. The molecule has 0 bridgehead atoms. The van der Waals surface area contributed by atoms with Gasteiger partial charge in [-0.05, 0) is 68.8 Å². The minimum absolute atomic E-state index is 0.797. The molecule has 132 valence electrons. The number of hydrogen-bond acceptors (Lipinski definition) is 3. The van der Waals surface area contributed by atoms with Crippen LogP contribution in [0.1, 0.15) is 31.2 Å². The first-order chi connectivity index (χ1) is 12.4. The van der Waals surface area contributed by atoms with Crippen molar-refractivity contribution in [2.24, 2.45) is 11.1 Å². The van der Waals surface area contributed by atoms with Gasteiger partial charge in [-0.2, -0.15) is 0 Å². The van der Waals surface area contributed by atoms with E-state index in [9.17, 15) is 0 Å². The van der Waals surface area contributed by atoms with Crippen molar-refractivity contribution >= 4 is 6.21 Å². The predicted octanol–water partition coefficient (Wildman–Crippen LogP) is 4.79. The topological polar surface area (TPSA) is 24.8 Å². The molecule has 0 amide bonds. The minimum Gasteiger partial charge on any atom is -0.357 e. The molecular weight excluding hydrogens is 308 g/mol. The van der Waals surface area contributed by atoms with E-state index in [4.69, 9.17) is 4.84 Å². The first-order valence-corrected chi connectivity index (χ1v) is 9.40. The van der Waals surface area contributed by atoms with E-state index in [1.807, 2.05) is 36.5 Å². The SMILES string of the molecule is C(/CCC1CCN(CCc2ccccc2)CC1)=N\Oc1ccccc1. The van der Waals surface area contributed by atoms with E-state index in [0.29, 0.717) is 0 Å². The molecule has 0 aromatic heterocycles. The van der Waals surface area contributed by atoms with Gasteiger partial charge in [-0.1, -0.05) is 53.7 Å². The molecule has 25 heavy (non-hydrogen) atoms. The molecule has 0 radical (unpaired) electrons. The average molecular weight is 336 g/mol. The van der Waals surface area contributed by atoms with Crippen LogP contribution in [0.3, 0.4) is 0 Å². The Balaban J connectivity index is 1.27. The molecule has 3 heteroatoms. The van der Waals surface area contributed by atoms with Gasteiger partial charge in [0, 0.05) is 12.8 Å². The van der Waals surface area contributed by atoms with Crippen molar-refractivity contribution in [3.8, 4) is 5.75 Å². The Hall–Kier alpha value is -2.13. The highest BCUT2D eigenvalue weighted by atomic mass is 16.6. The molecule has 1 aliphatic heterocycles. The maximum Gasteiger partial charge on any atom is 0.157 e. The highest BCUT2D eigenvalue weighted by molar-refractivity contribution is 5.56. The number of piperidine rings is 1. The zero-order valence-corrected chi connectivity index (χ0v) is 14.9. The summed E-state index contributed by atoms with van der Waals surface area (Å²) in [4.78, 5) is 7.95. The number of nitrogens with zero attached hydrogens (tertiary/aromatic N) is 2. The fourth-order valence-corrected chi connectivity index (χ4v) is 3.37. The van der Waals surface area contributed by atoms with Crippen LogP contribution < -0.4 is 4.84 Å². The Morgan fingerprint density at radius 3 is 2.36 bits per heavy atom. The maximum absolute atomic E-state index is 5.35. The molecule has 3 nitrogen and oxygen atoms in total. The van der Waals surface area contributed by atoms with Gasteiger partial charge in [0.2, 0.25) is 0 Å². The second-order valence-corrected chi connectivity index (χ2v) is 6.79. The van der Waals surface area contributed by atoms with Crippen molar-refractivity contribution in [3.05, 3.63) is 66.2 Å². The second-order valence-electron chi connectivity index (χ2n) is 6.79. The fraction of sp³-hybridized carbons (Fsp3) is 0.409. The summed E-state index contributed by atoms with van der Waals surface area (Å²) in [6.07, 6.45) is 7.91. The number of likely N-dealkylation sites (tertiary alicyclic amines) is 1. The van der Waals surface area contributed by atoms with Crippen molar-refractivity contribution < 1.29 is 4.84 Å². The van der Waals surface area contributed by atoms with Crippen molar-refractivity contribution in [2.45, 2.75) is 32.1 Å². The molecule has 0 spiro atoms. The van der Waals surface area contributed by atoms with Crippen LogP contribution in [0.15, 0.2) is 65.8 Å². The predicted molar refractivity (Wildman–Crippen MR) is 104 cm³/mol. The van der Waals surface area contributed by atoms with Gasteiger partial charge in [0.1, 0.15) is 0 Å². The van der Waals surface area contributed by atoms with Crippen LogP contribution in [0.5, 0.6) is 5.75 Å². The average Bonchev–Trinajstić information content (AvgIpc) is 2.69. The summed E-state index contributed by atoms with van der Waals surface area (Å²) in [6.45, 7) is 3.65. The Morgan fingerprint density at radius 1 is 0.960 bits per heavy atom.